The van der Waals surface area contributed by atoms with Crippen LogP contribution in [0.4, 0.5) is 0 Å². The van der Waals surface area contributed by atoms with E-state index >= 15 is 0 Å². The van der Waals surface area contributed by atoms with Crippen molar-refractivity contribution < 1.29 is 29.9 Å². The highest BCUT2D eigenvalue weighted by Gasteiger charge is 2.43. The number of rotatable bonds is 12. The molecule has 0 unspecified atom stereocenters. The SMILES string of the molecule is CC(=O)N[C@@H](Cc1ccc2ccccc2c1)C(=O)N1C[C@@H]([NH3+])C[C@H]1C(=O)N[C@@H](CCCC[NH+]=C(N)N)C(N)=O.S.S.S.S. The van der Waals surface area contributed by atoms with Gasteiger partial charge in [0.1, 0.15) is 24.2 Å². The second kappa shape index (κ2) is 20.2. The Balaban J connectivity index is 0. The number of carbonyl (C=O) groups excluding carboxylic acids is 4. The average molecular weight is 677 g/mol. The van der Waals surface area contributed by atoms with Gasteiger partial charge < -0.3 is 27.0 Å². The maximum Gasteiger partial charge on any atom is 0.338 e. The number of primary amides is 1. The van der Waals surface area contributed by atoms with Gasteiger partial charge in [0.2, 0.25) is 23.6 Å². The van der Waals surface area contributed by atoms with Crippen molar-refractivity contribution >= 4 is 94.3 Å². The van der Waals surface area contributed by atoms with Crippen LogP contribution in [0.1, 0.15) is 38.2 Å². The molecule has 0 radical (unpaired) electrons. The van der Waals surface area contributed by atoms with Crippen molar-refractivity contribution in [2.45, 2.75) is 63.2 Å². The number of hydrogen-bond donors (Lipinski definition) is 7. The van der Waals surface area contributed by atoms with Gasteiger partial charge >= 0.3 is 5.96 Å². The Bertz CT molecular complexity index is 1250. The largest absolute Gasteiger partial charge is 0.368 e. The van der Waals surface area contributed by atoms with Gasteiger partial charge in [0.15, 0.2) is 0 Å². The molecule has 4 atom stereocenters. The summed E-state index contributed by atoms with van der Waals surface area (Å²) < 4.78 is 0. The molecular formula is C27H48N8O4S4+2. The second-order valence-electron chi connectivity index (χ2n) is 10.1. The van der Waals surface area contributed by atoms with Crippen LogP contribution in [0.25, 0.3) is 10.8 Å². The number of benzene rings is 2. The van der Waals surface area contributed by atoms with Gasteiger partial charge in [0.05, 0.1) is 13.1 Å². The molecule has 242 valence electrons. The third kappa shape index (κ3) is 12.8. The van der Waals surface area contributed by atoms with Crippen LogP contribution in [0.3, 0.4) is 0 Å². The Labute approximate surface area is 280 Å². The fraction of sp³-hybridized carbons (Fsp3) is 0.444. The first-order chi connectivity index (χ1) is 18.5. The number of nitrogens with two attached hydrogens (primary N) is 3. The summed E-state index contributed by atoms with van der Waals surface area (Å²) in [6, 6.07) is 11.0. The Kier molecular flexibility index (Phi) is 19.9. The Morgan fingerprint density at radius 2 is 1.60 bits per heavy atom. The minimum absolute atomic E-state index is 0. The zero-order valence-corrected chi connectivity index (χ0v) is 28.3. The molecule has 16 heteroatoms. The summed E-state index contributed by atoms with van der Waals surface area (Å²) >= 11 is 0. The van der Waals surface area contributed by atoms with E-state index in [1.165, 1.54) is 11.8 Å². The van der Waals surface area contributed by atoms with Crippen LogP contribution in [-0.2, 0) is 25.6 Å². The normalized spacial score (nSPS) is 16.6. The van der Waals surface area contributed by atoms with E-state index in [0.29, 0.717) is 32.2 Å². The van der Waals surface area contributed by atoms with Crippen molar-refractivity contribution in [2.24, 2.45) is 17.2 Å². The van der Waals surface area contributed by atoms with Gasteiger partial charge in [-0.2, -0.15) is 54.0 Å². The number of unbranched alkanes of at least 4 members (excludes halogenated alkanes) is 1. The summed E-state index contributed by atoms with van der Waals surface area (Å²) in [7, 11) is 0. The van der Waals surface area contributed by atoms with E-state index in [9.17, 15) is 19.2 Å². The maximum atomic E-state index is 13.7. The molecule has 0 spiro atoms. The number of quaternary nitrogens is 1. The molecule has 1 aliphatic rings. The molecule has 0 bridgehead atoms. The van der Waals surface area contributed by atoms with Crippen LogP contribution >= 0.6 is 54.0 Å². The first-order valence-electron chi connectivity index (χ1n) is 13.1. The van der Waals surface area contributed by atoms with Gasteiger partial charge in [-0.15, -0.1) is 0 Å². The minimum Gasteiger partial charge on any atom is -0.368 e. The third-order valence-corrected chi connectivity index (χ3v) is 6.81. The fourth-order valence-electron chi connectivity index (χ4n) is 4.92. The Morgan fingerprint density at radius 3 is 2.21 bits per heavy atom. The summed E-state index contributed by atoms with van der Waals surface area (Å²) in [5.41, 5.74) is 21.2. The molecule has 0 aliphatic carbocycles. The van der Waals surface area contributed by atoms with E-state index < -0.39 is 29.9 Å². The van der Waals surface area contributed by atoms with Crippen molar-refractivity contribution in [1.82, 2.24) is 15.5 Å². The van der Waals surface area contributed by atoms with Gasteiger partial charge in [-0.3, -0.25) is 35.6 Å². The van der Waals surface area contributed by atoms with E-state index in [0.717, 1.165) is 16.3 Å². The highest BCUT2D eigenvalue weighted by molar-refractivity contribution is 7.59. The first-order valence-corrected chi connectivity index (χ1v) is 13.1. The Hall–Kier alpha value is -2.79. The van der Waals surface area contributed by atoms with Crippen LogP contribution in [-0.4, -0.2) is 71.7 Å². The molecule has 43 heavy (non-hydrogen) atoms. The minimum atomic E-state index is -0.888. The molecule has 1 aliphatic heterocycles. The van der Waals surface area contributed by atoms with Gasteiger partial charge in [-0.1, -0.05) is 42.5 Å². The molecule has 2 aromatic rings. The summed E-state index contributed by atoms with van der Waals surface area (Å²) in [4.78, 5) is 55.3. The quantitative estimate of drug-likeness (QED) is 0.0708. The summed E-state index contributed by atoms with van der Waals surface area (Å²) in [6.45, 7) is 2.14. The molecule has 0 saturated carbocycles. The molecule has 12 nitrogen and oxygen atoms in total. The van der Waals surface area contributed by atoms with Gasteiger partial charge in [-0.25, -0.2) is 0 Å². The molecule has 1 fully saturated rings. The van der Waals surface area contributed by atoms with E-state index in [-0.39, 0.29) is 90.8 Å². The van der Waals surface area contributed by atoms with E-state index in [4.69, 9.17) is 17.2 Å². The van der Waals surface area contributed by atoms with Crippen molar-refractivity contribution in [3.05, 3.63) is 48.0 Å². The molecule has 12 N–H and O–H groups in total. The average Bonchev–Trinajstić information content (AvgIpc) is 3.28. The van der Waals surface area contributed by atoms with Gasteiger partial charge in [0.25, 0.3) is 0 Å². The first kappa shape index (κ1) is 42.3. The number of fused-ring (bicyclic) bond motifs is 1. The number of hydrogen-bond acceptors (Lipinski definition) is 4. The molecule has 1 saturated heterocycles. The topological polar surface area (TPSA) is 215 Å². The van der Waals surface area contributed by atoms with Gasteiger partial charge in [-0.05, 0) is 35.6 Å². The number of carbonyl (C=O) groups is 4. The number of guanidine groups is 1. The molecular weight excluding hydrogens is 629 g/mol. The van der Waals surface area contributed by atoms with Crippen molar-refractivity contribution in [3.8, 4) is 0 Å². The lowest BCUT2D eigenvalue weighted by atomic mass is 10.0. The third-order valence-electron chi connectivity index (χ3n) is 6.81. The number of nitrogens with zero attached hydrogens (tertiary/aromatic N) is 1. The second-order valence-corrected chi connectivity index (χ2v) is 10.1. The summed E-state index contributed by atoms with van der Waals surface area (Å²) in [6.07, 6.45) is 2.19. The van der Waals surface area contributed by atoms with E-state index in [1.54, 1.807) is 0 Å². The molecule has 4 amide bonds. The highest BCUT2D eigenvalue weighted by Crippen LogP contribution is 2.21. The predicted molar refractivity (Wildman–Crippen MR) is 188 cm³/mol. The number of nitrogens with one attached hydrogen (secondary N) is 3. The van der Waals surface area contributed by atoms with Crippen LogP contribution in [0, 0.1) is 0 Å². The van der Waals surface area contributed by atoms with Crippen molar-refractivity contribution in [2.75, 3.05) is 13.1 Å². The van der Waals surface area contributed by atoms with Gasteiger partial charge in [0, 0.05) is 19.8 Å². The molecule has 1 heterocycles. The maximum absolute atomic E-state index is 13.7. The lowest BCUT2D eigenvalue weighted by Crippen LogP contribution is -2.78. The van der Waals surface area contributed by atoms with Crippen LogP contribution in [0.15, 0.2) is 42.5 Å². The van der Waals surface area contributed by atoms with Crippen molar-refractivity contribution in [3.63, 3.8) is 0 Å². The zero-order chi connectivity index (χ0) is 28.5. The smallest absolute Gasteiger partial charge is 0.338 e. The Morgan fingerprint density at radius 1 is 0.953 bits per heavy atom. The molecule has 2 aromatic carbocycles. The summed E-state index contributed by atoms with van der Waals surface area (Å²) in [5, 5.41) is 7.57. The predicted octanol–water partition coefficient (Wildman–Crippen LogP) is -2.96. The molecule has 3 rings (SSSR count). The van der Waals surface area contributed by atoms with E-state index in [2.05, 4.69) is 21.4 Å². The zero-order valence-electron chi connectivity index (χ0n) is 24.3. The lowest BCUT2D eigenvalue weighted by molar-refractivity contribution is -0.459. The lowest BCUT2D eigenvalue weighted by Gasteiger charge is -2.29. The number of amides is 4. The van der Waals surface area contributed by atoms with Crippen LogP contribution < -0.4 is 38.6 Å². The highest BCUT2D eigenvalue weighted by atomic mass is 32.1. The fourth-order valence-corrected chi connectivity index (χ4v) is 4.92. The van der Waals surface area contributed by atoms with E-state index in [1.807, 2.05) is 42.5 Å². The van der Waals surface area contributed by atoms with Crippen LogP contribution in [0.5, 0.6) is 0 Å². The van der Waals surface area contributed by atoms with Crippen LogP contribution in [0.2, 0.25) is 0 Å². The summed E-state index contributed by atoms with van der Waals surface area (Å²) in [5.74, 6) is -1.74. The number of likely N-dealkylation sites (tertiary alicyclic amines) is 1. The molecule has 0 aromatic heterocycles. The monoisotopic (exact) mass is 676 g/mol. The van der Waals surface area contributed by atoms with Crippen molar-refractivity contribution in [1.29, 1.82) is 0 Å². The standard InChI is InChI=1S/C27H38N8O4.4H2S/c1-16(36)33-22(13-17-9-10-18-6-2-3-7-19(18)12-17)26(39)35-15-20(28)14-23(35)25(38)34-21(24(29)37)8-4-5-11-32-27(30)31;;;;/h2-3,6-7,9-10,12,20-23H,4-5,8,11,13-15,28H2,1H3,(H2,29,37)(H,33,36)(H,34,38)(H4,30,31,32);4*1H2/p+2/t20-,21-,22-,23-;;;;/m0..../s1.